The lowest BCUT2D eigenvalue weighted by Gasteiger charge is -2.42. The van der Waals surface area contributed by atoms with Crippen molar-refractivity contribution in [2.45, 2.75) is 39.2 Å². The van der Waals surface area contributed by atoms with E-state index >= 15 is 0 Å². The van der Waals surface area contributed by atoms with Crippen LogP contribution in [0.1, 0.15) is 33.1 Å². The van der Waals surface area contributed by atoms with Crippen LogP contribution in [0.5, 0.6) is 0 Å². The highest BCUT2D eigenvalue weighted by Gasteiger charge is 2.48. The van der Waals surface area contributed by atoms with Gasteiger partial charge in [0.15, 0.2) is 0 Å². The van der Waals surface area contributed by atoms with Gasteiger partial charge in [-0.25, -0.2) is 0 Å². The van der Waals surface area contributed by atoms with E-state index in [2.05, 4.69) is 0 Å². The first kappa shape index (κ1) is 11.4. The summed E-state index contributed by atoms with van der Waals surface area (Å²) in [4.78, 5) is 14.2. The van der Waals surface area contributed by atoms with Crippen molar-refractivity contribution in [3.63, 3.8) is 0 Å². The summed E-state index contributed by atoms with van der Waals surface area (Å²) in [5.41, 5.74) is 5.14. The lowest BCUT2D eigenvalue weighted by Crippen LogP contribution is -2.54. The number of rotatable bonds is 3. The van der Waals surface area contributed by atoms with Crippen LogP contribution in [-0.2, 0) is 4.79 Å². The van der Waals surface area contributed by atoms with Gasteiger partial charge in [-0.3, -0.25) is 4.79 Å². The predicted molar refractivity (Wildman–Crippen MR) is 61.0 cm³/mol. The molecule has 0 saturated heterocycles. The number of hydrogen-bond acceptors (Lipinski definition) is 2. The summed E-state index contributed by atoms with van der Waals surface area (Å²) in [6.07, 6.45) is 2.69. The molecule has 1 fully saturated rings. The van der Waals surface area contributed by atoms with Gasteiger partial charge in [-0.05, 0) is 26.7 Å². The molecule has 80 valence electrons. The van der Waals surface area contributed by atoms with Crippen LogP contribution in [-0.4, -0.2) is 28.9 Å². The maximum atomic E-state index is 12.1. The third-order valence-electron chi connectivity index (χ3n) is 3.18. The predicted octanol–water partition coefficient (Wildman–Crippen LogP) is 1.31. The molecule has 14 heavy (non-hydrogen) atoms. The van der Waals surface area contributed by atoms with Gasteiger partial charge in [0, 0.05) is 13.1 Å². The van der Waals surface area contributed by atoms with Crippen molar-refractivity contribution in [3.05, 3.63) is 0 Å². The Morgan fingerprint density at radius 2 is 2.00 bits per heavy atom. The Morgan fingerprint density at radius 3 is 2.21 bits per heavy atom. The van der Waals surface area contributed by atoms with Crippen LogP contribution in [0.2, 0.25) is 0 Å². The maximum Gasteiger partial charge on any atom is 0.235 e. The minimum Gasteiger partial charge on any atom is -0.392 e. The van der Waals surface area contributed by atoms with E-state index < -0.39 is 5.41 Å². The Bertz CT molecular complexity index is 259. The molecule has 1 rings (SSSR count). The average Bonchev–Trinajstić information content (AvgIpc) is 1.99. The van der Waals surface area contributed by atoms with E-state index in [0.717, 1.165) is 19.3 Å². The van der Waals surface area contributed by atoms with Gasteiger partial charge in [0.1, 0.15) is 0 Å². The average molecular weight is 214 g/mol. The smallest absolute Gasteiger partial charge is 0.235 e. The minimum absolute atomic E-state index is 0.0891. The van der Waals surface area contributed by atoms with E-state index in [4.69, 9.17) is 18.0 Å². The van der Waals surface area contributed by atoms with Crippen LogP contribution >= 0.6 is 12.2 Å². The zero-order valence-corrected chi connectivity index (χ0v) is 9.86. The molecule has 0 radical (unpaired) electrons. The summed E-state index contributed by atoms with van der Waals surface area (Å²) in [6.45, 7) is 3.98. The van der Waals surface area contributed by atoms with Gasteiger partial charge in [-0.15, -0.1) is 0 Å². The van der Waals surface area contributed by atoms with Crippen molar-refractivity contribution in [1.82, 2.24) is 4.90 Å². The highest BCUT2D eigenvalue weighted by Crippen LogP contribution is 2.42. The molecule has 0 aromatic heterocycles. The highest BCUT2D eigenvalue weighted by molar-refractivity contribution is 7.80. The first-order valence-electron chi connectivity index (χ1n) is 4.99. The second kappa shape index (κ2) is 3.85. The van der Waals surface area contributed by atoms with Crippen molar-refractivity contribution in [1.29, 1.82) is 0 Å². The maximum absolute atomic E-state index is 12.1. The van der Waals surface area contributed by atoms with Crippen LogP contribution in [0.25, 0.3) is 0 Å². The number of thiocarbonyl (C=S) groups is 1. The Labute approximate surface area is 90.6 Å². The second-order valence-electron chi connectivity index (χ2n) is 4.31. The first-order valence-corrected chi connectivity index (χ1v) is 5.40. The van der Waals surface area contributed by atoms with E-state index in [0.29, 0.717) is 4.99 Å². The lowest BCUT2D eigenvalue weighted by molar-refractivity contribution is -0.142. The SMILES string of the molecule is CC(C)N(C)C(=O)C1(C(N)=S)CCC1. The van der Waals surface area contributed by atoms with Gasteiger partial charge in [-0.1, -0.05) is 18.6 Å². The summed E-state index contributed by atoms with van der Waals surface area (Å²) in [5.74, 6) is 0.0891. The van der Waals surface area contributed by atoms with E-state index in [-0.39, 0.29) is 11.9 Å². The number of nitrogens with zero attached hydrogens (tertiary/aromatic N) is 1. The summed E-state index contributed by atoms with van der Waals surface area (Å²) < 4.78 is 0. The molecule has 1 aliphatic rings. The van der Waals surface area contributed by atoms with Crippen molar-refractivity contribution in [3.8, 4) is 0 Å². The van der Waals surface area contributed by atoms with Crippen LogP contribution < -0.4 is 5.73 Å². The molecule has 4 heteroatoms. The van der Waals surface area contributed by atoms with Crippen LogP contribution in [0.15, 0.2) is 0 Å². The first-order chi connectivity index (χ1) is 6.42. The molecule has 3 nitrogen and oxygen atoms in total. The number of amides is 1. The van der Waals surface area contributed by atoms with Gasteiger partial charge in [0.2, 0.25) is 5.91 Å². The van der Waals surface area contributed by atoms with Crippen LogP contribution in [0.4, 0.5) is 0 Å². The topological polar surface area (TPSA) is 46.3 Å². The molecule has 1 amide bonds. The van der Waals surface area contributed by atoms with Gasteiger partial charge >= 0.3 is 0 Å². The lowest BCUT2D eigenvalue weighted by atomic mass is 9.67. The zero-order chi connectivity index (χ0) is 10.9. The van der Waals surface area contributed by atoms with Gasteiger partial charge < -0.3 is 10.6 Å². The van der Waals surface area contributed by atoms with Crippen molar-refractivity contribution >= 4 is 23.1 Å². The fourth-order valence-electron chi connectivity index (χ4n) is 1.67. The minimum atomic E-state index is -0.519. The Kier molecular flexibility index (Phi) is 3.14. The molecular weight excluding hydrogens is 196 g/mol. The van der Waals surface area contributed by atoms with E-state index in [1.54, 1.807) is 4.90 Å². The summed E-state index contributed by atoms with van der Waals surface area (Å²) >= 11 is 4.99. The summed E-state index contributed by atoms with van der Waals surface area (Å²) in [5, 5.41) is 0. The molecular formula is C10H18N2OS. The molecule has 2 N–H and O–H groups in total. The third-order valence-corrected chi connectivity index (χ3v) is 3.57. The molecule has 0 heterocycles. The molecule has 0 atom stereocenters. The molecule has 0 aromatic rings. The van der Waals surface area contributed by atoms with Gasteiger partial charge in [0.25, 0.3) is 0 Å². The number of nitrogens with two attached hydrogens (primary N) is 1. The molecule has 1 aliphatic carbocycles. The number of carbonyl (C=O) groups excluding carboxylic acids is 1. The molecule has 1 saturated carbocycles. The Hall–Kier alpha value is -0.640. The largest absolute Gasteiger partial charge is 0.392 e. The number of carbonyl (C=O) groups is 1. The Balaban J connectivity index is 2.81. The number of hydrogen-bond donors (Lipinski definition) is 1. The van der Waals surface area contributed by atoms with Crippen molar-refractivity contribution in [2.75, 3.05) is 7.05 Å². The van der Waals surface area contributed by atoms with E-state index in [1.807, 2.05) is 20.9 Å². The van der Waals surface area contributed by atoms with E-state index in [1.165, 1.54) is 0 Å². The zero-order valence-electron chi connectivity index (χ0n) is 9.04. The second-order valence-corrected chi connectivity index (χ2v) is 4.75. The van der Waals surface area contributed by atoms with E-state index in [9.17, 15) is 4.79 Å². The molecule has 0 unspecified atom stereocenters. The van der Waals surface area contributed by atoms with Gasteiger partial charge in [0.05, 0.1) is 10.4 Å². The molecule has 0 aromatic carbocycles. The standard InChI is InChI=1S/C10H18N2OS/c1-7(2)12(3)9(13)10(8(11)14)5-4-6-10/h7H,4-6H2,1-3H3,(H2,11,14). The quantitative estimate of drug-likeness (QED) is 0.721. The monoisotopic (exact) mass is 214 g/mol. The Morgan fingerprint density at radius 1 is 1.50 bits per heavy atom. The normalized spacial score (nSPS) is 18.9. The van der Waals surface area contributed by atoms with Crippen molar-refractivity contribution < 1.29 is 4.79 Å². The fraction of sp³-hybridized carbons (Fsp3) is 0.800. The fourth-order valence-corrected chi connectivity index (χ4v) is 1.96. The highest BCUT2D eigenvalue weighted by atomic mass is 32.1. The summed E-state index contributed by atoms with van der Waals surface area (Å²) in [7, 11) is 1.81. The molecule has 0 aliphatic heterocycles. The van der Waals surface area contributed by atoms with Crippen molar-refractivity contribution in [2.24, 2.45) is 11.1 Å². The van der Waals surface area contributed by atoms with Crippen LogP contribution in [0.3, 0.4) is 0 Å². The molecule has 0 bridgehead atoms. The van der Waals surface area contributed by atoms with Crippen LogP contribution in [0, 0.1) is 5.41 Å². The molecule has 0 spiro atoms. The summed E-state index contributed by atoms with van der Waals surface area (Å²) in [6, 6.07) is 0.203. The third kappa shape index (κ3) is 1.63. The van der Waals surface area contributed by atoms with Gasteiger partial charge in [-0.2, -0.15) is 0 Å².